The van der Waals surface area contributed by atoms with Crippen LogP contribution in [0, 0.1) is 13.8 Å². The van der Waals surface area contributed by atoms with E-state index in [0.717, 1.165) is 91.6 Å². The quantitative estimate of drug-likeness (QED) is 0.0274. The topological polar surface area (TPSA) is 103 Å². The van der Waals surface area contributed by atoms with Gasteiger partial charge in [-0.3, -0.25) is 0 Å². The van der Waals surface area contributed by atoms with E-state index in [2.05, 4.69) is 174 Å². The Hall–Kier alpha value is -1.14. The van der Waals surface area contributed by atoms with Crippen LogP contribution in [-0.2, 0) is 25.7 Å². The van der Waals surface area contributed by atoms with E-state index in [1.165, 1.54) is 335 Å². The summed E-state index contributed by atoms with van der Waals surface area (Å²) in [4.78, 5) is 25.8. The second-order valence-corrected chi connectivity index (χ2v) is 77.8. The van der Waals surface area contributed by atoms with Gasteiger partial charge in [0.2, 0.25) is 0 Å². The molecule has 8 nitrogen and oxygen atoms in total. The molecule has 0 N–H and O–H groups in total. The summed E-state index contributed by atoms with van der Waals surface area (Å²) in [6.45, 7) is 13.4. The molecule has 20 heteroatoms. The van der Waals surface area contributed by atoms with Gasteiger partial charge in [-0.25, -0.2) is 0 Å². The van der Waals surface area contributed by atoms with Crippen LogP contribution in [0.15, 0.2) is 56.1 Å². The minimum atomic E-state index is -1.68. The van der Waals surface area contributed by atoms with Crippen LogP contribution in [0.3, 0.4) is 0 Å². The molecule has 10 heterocycles. The van der Waals surface area contributed by atoms with Gasteiger partial charge in [-0.1, -0.05) is 268 Å². The van der Waals surface area contributed by atoms with Crippen LogP contribution in [0.1, 0.15) is 317 Å². The number of fused-ring (bicyclic) bond motifs is 2. The van der Waals surface area contributed by atoms with Crippen LogP contribution >= 0.6 is 112 Å². The second-order valence-electron chi connectivity index (χ2n) is 32.5. The first kappa shape index (κ1) is 92.4. The van der Waals surface area contributed by atoms with Crippen molar-refractivity contribution in [1.82, 2.24) is 39.6 Å². The molecule has 0 aliphatic carbocycles. The van der Waals surface area contributed by atoms with Crippen LogP contribution in [0.5, 0.6) is 0 Å². The van der Waals surface area contributed by atoms with E-state index in [0.29, 0.717) is 0 Å². The van der Waals surface area contributed by atoms with Gasteiger partial charge < -0.3 is 0 Å². The van der Waals surface area contributed by atoms with Gasteiger partial charge in [0.25, 0.3) is 0 Å². The Balaban J connectivity index is 0.000000234. The number of hydrogen-bond acceptors (Lipinski definition) is 15. The molecule has 0 saturated carbocycles. The maximum atomic E-state index is 4.76. The van der Waals surface area contributed by atoms with Crippen molar-refractivity contribution in [1.29, 1.82) is 0 Å². The zero-order chi connectivity index (χ0) is 76.9. The molecule has 0 aromatic carbocycles. The summed E-state index contributed by atoms with van der Waals surface area (Å²) in [7, 11) is 0. The molecule has 10 rings (SSSR count). The Bertz CT molecular complexity index is 3990. The molecular weight excluding hydrogens is 1870 g/mol. The Labute approximate surface area is 713 Å². The van der Waals surface area contributed by atoms with E-state index in [-0.39, 0.29) is 0 Å². The van der Waals surface area contributed by atoms with Crippen LogP contribution in [0.25, 0.3) is 71.7 Å². The predicted molar refractivity (Wildman–Crippen MR) is 499 cm³/mol. The molecule has 0 saturated heterocycles. The Morgan fingerprint density at radius 2 is 0.630 bits per heavy atom. The summed E-state index contributed by atoms with van der Waals surface area (Å²) in [5, 5.41) is 27.7. The van der Waals surface area contributed by atoms with E-state index in [4.69, 9.17) is 10.2 Å². The molecule has 0 spiro atoms. The van der Waals surface area contributed by atoms with Crippen molar-refractivity contribution in [3.8, 4) is 51.2 Å². The molecule has 0 radical (unpaired) electrons. The van der Waals surface area contributed by atoms with Crippen molar-refractivity contribution < 1.29 is 0 Å². The summed E-state index contributed by atoms with van der Waals surface area (Å²) in [6, 6.07) is 19.1. The molecule has 0 amide bonds. The van der Waals surface area contributed by atoms with Gasteiger partial charge in [-0.15, -0.1) is 82.2 Å². The van der Waals surface area contributed by atoms with Crippen molar-refractivity contribution in [2.75, 3.05) is 0 Å². The molecule has 0 aliphatic heterocycles. The monoisotopic (exact) mass is 2000 g/mol. The van der Waals surface area contributed by atoms with Gasteiger partial charge in [0, 0.05) is 24.4 Å². The molecule has 594 valence electrons. The maximum absolute atomic E-state index is 4.76. The van der Waals surface area contributed by atoms with Crippen molar-refractivity contribution in [3.63, 3.8) is 0 Å². The predicted octanol–water partition coefficient (Wildman–Crippen LogP) is 31.4. The normalized spacial score (nSPS) is 11.9. The van der Waals surface area contributed by atoms with Crippen LogP contribution < -0.4 is 4.91 Å². The molecule has 10 aromatic rings. The first-order valence-corrected chi connectivity index (χ1v) is 71.3. The van der Waals surface area contributed by atoms with Gasteiger partial charge in [-0.2, -0.15) is 5.10 Å². The zero-order valence-corrected chi connectivity index (χ0v) is 84.6. The number of unbranched alkanes of at least 4 members (excludes halogenated alkanes) is 36. The third-order valence-electron chi connectivity index (χ3n) is 20.8. The molecule has 0 fully saturated rings. The summed E-state index contributed by atoms with van der Waals surface area (Å²) in [6.07, 6.45) is 59.2. The van der Waals surface area contributed by atoms with E-state index in [1.807, 2.05) is 45.8 Å². The fraction of sp³-hybridized carbons (Fsp3) is 0.636. The first-order valence-electron chi connectivity index (χ1n) is 42.4. The van der Waals surface area contributed by atoms with Crippen LogP contribution in [0.4, 0.5) is 0 Å². The summed E-state index contributed by atoms with van der Waals surface area (Å²) < 4.78 is 16.9. The van der Waals surface area contributed by atoms with Gasteiger partial charge in [0.05, 0.1) is 27.9 Å². The molecule has 0 unspecified atom stereocenters. The molecule has 0 aliphatic rings. The molecule has 0 bridgehead atoms. The second kappa shape index (κ2) is 51.1. The molecule has 108 heavy (non-hydrogen) atoms. The van der Waals surface area contributed by atoms with Gasteiger partial charge in [0.1, 0.15) is 37.5 Å². The molecule has 10 aromatic heterocycles. The molecule has 0 atom stereocenters. The number of aromatic nitrogens is 8. The summed E-state index contributed by atoms with van der Waals surface area (Å²) >= 11 is 17.3. The summed E-state index contributed by atoms with van der Waals surface area (Å²) in [5.74, 6) is 0. The first-order chi connectivity index (χ1) is 52.4. The van der Waals surface area contributed by atoms with Gasteiger partial charge >= 0.3 is 97.9 Å². The van der Waals surface area contributed by atoms with Crippen LogP contribution in [-0.4, -0.2) is 90.8 Å². The Morgan fingerprint density at radius 3 is 1.03 bits per heavy atom. The number of nitrogens with zero attached hydrogens (tertiary/aromatic N) is 8. The average Bonchev–Trinajstić information content (AvgIpc) is 1.62. The Kier molecular flexibility index (Phi) is 43.7. The van der Waals surface area contributed by atoms with Crippen molar-refractivity contribution in [3.05, 3.63) is 88.9 Å². The number of hydrogen-bond donors (Lipinski definition) is 0. The summed E-state index contributed by atoms with van der Waals surface area (Å²) in [5.41, 5.74) is 11.0. The van der Waals surface area contributed by atoms with Crippen LogP contribution in [0.2, 0.25) is 29.6 Å². The molecular formula is C88H132Br2N8S7SeSn2. The minimum absolute atomic E-state index is 0.780. The average molecular weight is 2000 g/mol. The third kappa shape index (κ3) is 31.0. The SMILES string of the molecule is CCCCCCCCCCCCc1cc(-c2nnc(-c3cc(CCCCCCCCCCCC)c(Br)s3)c3snnc23)sc1Br.CCCCCCCCCCCCc1cc(C)sc1-c1ccc(-c2sc(-c3nnc(C)c4snnc34)cc2CCCCCCCCCCCC)s1.[CH3][Sn]([CH3])([CH3])[c]1cc[c]([Sn]([CH3])([CH3])[CH3])[se]1. The fourth-order valence-corrected chi connectivity index (χ4v) is 45.0. The van der Waals surface area contributed by atoms with E-state index >= 15 is 0 Å². The zero-order valence-electron chi connectivity index (χ0n) is 68.3. The fourth-order valence-electron chi connectivity index (χ4n) is 14.2. The number of halogens is 2. The van der Waals surface area contributed by atoms with Crippen molar-refractivity contribution in [2.45, 2.75) is 354 Å². The van der Waals surface area contributed by atoms with Gasteiger partial charge in [0.15, 0.2) is 0 Å². The van der Waals surface area contributed by atoms with E-state index < -0.39 is 36.8 Å². The van der Waals surface area contributed by atoms with Crippen molar-refractivity contribution in [2.24, 2.45) is 0 Å². The third-order valence-corrected chi connectivity index (χ3v) is 61.2. The number of thiophene rings is 5. The van der Waals surface area contributed by atoms with E-state index in [9.17, 15) is 0 Å². The standard InChI is InChI=1S/C42H60N4S4.C36H52Br2N4S3.C4H2Se.6CH3.2Sn/c1-5-7-9-11-13-15-17-19-21-23-25-33-29-31(3)47-41(33)35-27-28-36(48-35)42-34(26-24-22-20-18-16-14-12-10-8-6-2)30-37(49-42)38-39-40(50-46-45-39)32(4)43-44-38;1-3-5-7-9-11-13-15-17-19-21-23-27-25-29(43-35(27)37)31-33-34(45-42-41-33)32(40-39-31)30-26-28(36(38)44-30)24-22-20-18-16-14-12-10-8-6-4-2;1-2-4-5-3-1;;;;;;;;/h27-30H,5-26H2,1-4H3;25-26H,3-24H2,1-2H3;1-2H;6*1H3;;. The van der Waals surface area contributed by atoms with E-state index in [1.54, 1.807) is 28.2 Å². The van der Waals surface area contributed by atoms with Gasteiger partial charge in [-0.05, 0) is 179 Å². The number of aryl methyl sites for hydroxylation is 6. The Morgan fingerprint density at radius 1 is 0.315 bits per heavy atom. The number of rotatable bonds is 51. The van der Waals surface area contributed by atoms with Crippen molar-refractivity contribution >= 4 is 188 Å².